The minimum atomic E-state index is -0.279. The zero-order valence-electron chi connectivity index (χ0n) is 17.1. The monoisotopic (exact) mass is 409 g/mol. The SMILES string of the molecule is O=C1CCC(c2ccc(NCc3ccc(CN4CCCCC4)c(F)c3)cc2)C(=O)N1. The van der Waals surface area contributed by atoms with Crippen molar-refractivity contribution in [2.24, 2.45) is 0 Å². The Morgan fingerprint density at radius 2 is 1.80 bits per heavy atom. The number of hydrogen-bond acceptors (Lipinski definition) is 4. The fourth-order valence-corrected chi connectivity index (χ4v) is 4.24. The van der Waals surface area contributed by atoms with Gasteiger partial charge in [-0.1, -0.05) is 30.7 Å². The third-order valence-electron chi connectivity index (χ3n) is 6.01. The Labute approximate surface area is 176 Å². The summed E-state index contributed by atoms with van der Waals surface area (Å²) in [4.78, 5) is 25.6. The average molecular weight is 410 g/mol. The van der Waals surface area contributed by atoms with Crippen molar-refractivity contribution in [2.75, 3.05) is 18.4 Å². The average Bonchev–Trinajstić information content (AvgIpc) is 2.75. The number of nitrogens with one attached hydrogen (secondary N) is 2. The number of halogens is 1. The van der Waals surface area contributed by atoms with Gasteiger partial charge in [-0.25, -0.2) is 4.39 Å². The van der Waals surface area contributed by atoms with Crippen LogP contribution in [0.25, 0.3) is 0 Å². The Bertz CT molecular complexity index is 907. The molecule has 2 N–H and O–H groups in total. The summed E-state index contributed by atoms with van der Waals surface area (Å²) >= 11 is 0. The maximum atomic E-state index is 14.5. The molecule has 0 radical (unpaired) electrons. The molecule has 2 aromatic rings. The smallest absolute Gasteiger partial charge is 0.234 e. The highest BCUT2D eigenvalue weighted by Gasteiger charge is 2.27. The van der Waals surface area contributed by atoms with Crippen LogP contribution in [0.1, 0.15) is 54.7 Å². The Balaban J connectivity index is 1.32. The molecular weight excluding hydrogens is 381 g/mol. The van der Waals surface area contributed by atoms with Gasteiger partial charge in [-0.2, -0.15) is 0 Å². The molecule has 1 unspecified atom stereocenters. The third kappa shape index (κ3) is 5.05. The van der Waals surface area contributed by atoms with E-state index in [9.17, 15) is 14.0 Å². The summed E-state index contributed by atoms with van der Waals surface area (Å²) in [5.74, 6) is -0.859. The van der Waals surface area contributed by atoms with Crippen LogP contribution >= 0.6 is 0 Å². The molecule has 2 amide bonds. The second-order valence-electron chi connectivity index (χ2n) is 8.24. The molecule has 158 valence electrons. The van der Waals surface area contributed by atoms with E-state index in [0.29, 0.717) is 25.9 Å². The lowest BCUT2D eigenvalue weighted by Gasteiger charge is -2.26. The van der Waals surface area contributed by atoms with Gasteiger partial charge in [0.05, 0.1) is 5.92 Å². The molecule has 0 aromatic heterocycles. The van der Waals surface area contributed by atoms with Crippen LogP contribution in [0.2, 0.25) is 0 Å². The zero-order valence-corrected chi connectivity index (χ0v) is 17.1. The number of carbonyl (C=O) groups excluding carboxylic acids is 2. The van der Waals surface area contributed by atoms with E-state index in [1.807, 2.05) is 36.4 Å². The van der Waals surface area contributed by atoms with Gasteiger partial charge in [0.2, 0.25) is 11.8 Å². The Morgan fingerprint density at radius 1 is 1.03 bits per heavy atom. The first-order valence-electron chi connectivity index (χ1n) is 10.8. The van der Waals surface area contributed by atoms with Crippen molar-refractivity contribution in [3.63, 3.8) is 0 Å². The minimum absolute atomic E-state index is 0.145. The molecule has 4 rings (SSSR count). The van der Waals surface area contributed by atoms with Crippen molar-refractivity contribution in [3.8, 4) is 0 Å². The summed E-state index contributed by atoms with van der Waals surface area (Å²) in [6, 6.07) is 13.1. The molecule has 6 heteroatoms. The van der Waals surface area contributed by atoms with E-state index in [1.54, 1.807) is 6.07 Å². The normalized spacial score (nSPS) is 20.1. The fraction of sp³-hybridized carbons (Fsp3) is 0.417. The number of hydrogen-bond donors (Lipinski definition) is 2. The number of piperidine rings is 2. The van der Waals surface area contributed by atoms with Crippen LogP contribution in [-0.4, -0.2) is 29.8 Å². The Hall–Kier alpha value is -2.73. The van der Waals surface area contributed by atoms with E-state index in [1.165, 1.54) is 19.3 Å². The molecular formula is C24H28FN3O2. The highest BCUT2D eigenvalue weighted by atomic mass is 19.1. The number of likely N-dealkylation sites (tertiary alicyclic amines) is 1. The van der Waals surface area contributed by atoms with E-state index < -0.39 is 0 Å². The Kier molecular flexibility index (Phi) is 6.43. The van der Waals surface area contributed by atoms with Gasteiger partial charge in [0.25, 0.3) is 0 Å². The van der Waals surface area contributed by atoms with Crippen LogP contribution in [0.3, 0.4) is 0 Å². The maximum absolute atomic E-state index is 14.5. The minimum Gasteiger partial charge on any atom is -0.381 e. The summed E-state index contributed by atoms with van der Waals surface area (Å²) in [6.07, 6.45) is 4.59. The van der Waals surface area contributed by atoms with Crippen molar-refractivity contribution in [2.45, 2.75) is 51.1 Å². The molecule has 0 saturated carbocycles. The largest absolute Gasteiger partial charge is 0.381 e. The van der Waals surface area contributed by atoms with E-state index in [4.69, 9.17) is 0 Å². The van der Waals surface area contributed by atoms with Gasteiger partial charge < -0.3 is 5.32 Å². The standard InChI is InChI=1S/C24H28FN3O2/c25-22-14-17(4-5-19(22)16-28-12-2-1-3-13-28)15-26-20-8-6-18(7-9-20)21-10-11-23(29)27-24(21)30/h4-9,14,21,26H,1-3,10-13,15-16H2,(H,27,29,30). The predicted octanol–water partition coefficient (Wildman–Crippen LogP) is 3.94. The van der Waals surface area contributed by atoms with Gasteiger partial charge in [-0.05, 0) is 61.7 Å². The van der Waals surface area contributed by atoms with Gasteiger partial charge in [-0.3, -0.25) is 19.8 Å². The van der Waals surface area contributed by atoms with Crippen molar-refractivity contribution >= 4 is 17.5 Å². The zero-order chi connectivity index (χ0) is 20.9. The first-order chi connectivity index (χ1) is 14.6. The summed E-state index contributed by atoms with van der Waals surface area (Å²) in [7, 11) is 0. The lowest BCUT2D eigenvalue weighted by atomic mass is 9.90. The van der Waals surface area contributed by atoms with E-state index in [-0.39, 0.29) is 23.5 Å². The number of carbonyl (C=O) groups is 2. The van der Waals surface area contributed by atoms with Gasteiger partial charge in [-0.15, -0.1) is 0 Å². The molecule has 2 aliphatic heterocycles. The second-order valence-corrected chi connectivity index (χ2v) is 8.24. The highest BCUT2D eigenvalue weighted by molar-refractivity contribution is 6.00. The summed E-state index contributed by atoms with van der Waals surface area (Å²) < 4.78 is 14.5. The van der Waals surface area contributed by atoms with E-state index in [2.05, 4.69) is 15.5 Å². The third-order valence-corrected chi connectivity index (χ3v) is 6.01. The summed E-state index contributed by atoms with van der Waals surface area (Å²) in [5, 5.41) is 5.70. The number of nitrogens with zero attached hydrogens (tertiary/aromatic N) is 1. The van der Waals surface area contributed by atoms with Crippen molar-refractivity contribution in [1.29, 1.82) is 0 Å². The molecule has 1 atom stereocenters. The van der Waals surface area contributed by atoms with Crippen molar-refractivity contribution in [1.82, 2.24) is 10.2 Å². The highest BCUT2D eigenvalue weighted by Crippen LogP contribution is 2.26. The molecule has 30 heavy (non-hydrogen) atoms. The Morgan fingerprint density at radius 3 is 2.50 bits per heavy atom. The van der Waals surface area contributed by atoms with E-state index >= 15 is 0 Å². The van der Waals surface area contributed by atoms with Crippen LogP contribution < -0.4 is 10.6 Å². The van der Waals surface area contributed by atoms with Crippen LogP contribution in [0.5, 0.6) is 0 Å². The first-order valence-corrected chi connectivity index (χ1v) is 10.8. The van der Waals surface area contributed by atoms with Gasteiger partial charge in [0.1, 0.15) is 5.82 Å². The number of anilines is 1. The topological polar surface area (TPSA) is 61.4 Å². The molecule has 0 aliphatic carbocycles. The van der Waals surface area contributed by atoms with Crippen LogP contribution in [0.4, 0.5) is 10.1 Å². The lowest BCUT2D eigenvalue weighted by molar-refractivity contribution is -0.134. The first kappa shape index (κ1) is 20.5. The van der Waals surface area contributed by atoms with Gasteiger partial charge in [0.15, 0.2) is 0 Å². The molecule has 0 bridgehead atoms. The molecule has 2 aliphatic rings. The van der Waals surface area contributed by atoms with Gasteiger partial charge >= 0.3 is 0 Å². The van der Waals surface area contributed by atoms with Crippen LogP contribution in [-0.2, 0) is 22.7 Å². The van der Waals surface area contributed by atoms with E-state index in [0.717, 1.165) is 35.5 Å². The maximum Gasteiger partial charge on any atom is 0.234 e. The molecule has 2 saturated heterocycles. The predicted molar refractivity (Wildman–Crippen MR) is 114 cm³/mol. The molecule has 2 heterocycles. The molecule has 2 fully saturated rings. The fourth-order valence-electron chi connectivity index (χ4n) is 4.24. The van der Waals surface area contributed by atoms with Crippen molar-refractivity contribution in [3.05, 3.63) is 65.0 Å². The van der Waals surface area contributed by atoms with Gasteiger partial charge in [0, 0.05) is 30.8 Å². The van der Waals surface area contributed by atoms with Crippen molar-refractivity contribution < 1.29 is 14.0 Å². The number of imide groups is 1. The number of amides is 2. The molecule has 0 spiro atoms. The summed E-state index contributed by atoms with van der Waals surface area (Å²) in [6.45, 7) is 3.31. The van der Waals surface area contributed by atoms with Crippen LogP contribution in [0.15, 0.2) is 42.5 Å². The number of benzene rings is 2. The number of rotatable bonds is 6. The van der Waals surface area contributed by atoms with Crippen LogP contribution in [0, 0.1) is 5.82 Å². The summed E-state index contributed by atoms with van der Waals surface area (Å²) in [5.41, 5.74) is 3.46. The second kappa shape index (κ2) is 9.39. The molecule has 5 nitrogen and oxygen atoms in total. The quantitative estimate of drug-likeness (QED) is 0.710. The lowest BCUT2D eigenvalue weighted by Crippen LogP contribution is -2.39. The molecule has 2 aromatic carbocycles.